The van der Waals surface area contributed by atoms with Gasteiger partial charge in [-0.1, -0.05) is 0 Å². The first-order chi connectivity index (χ1) is 15.3. The smallest absolute Gasteiger partial charge is 0.343 e. The van der Waals surface area contributed by atoms with Gasteiger partial charge in [0.15, 0.2) is 5.96 Å². The van der Waals surface area contributed by atoms with E-state index in [1.807, 2.05) is 4.90 Å². The normalized spacial score (nSPS) is 13.5. The maximum absolute atomic E-state index is 12.8. The predicted molar refractivity (Wildman–Crippen MR) is 134 cm³/mol. The van der Waals surface area contributed by atoms with E-state index in [9.17, 15) is 14.4 Å². The fourth-order valence-corrected chi connectivity index (χ4v) is 3.41. The molecule has 0 spiro atoms. The minimum atomic E-state index is -0.541. The van der Waals surface area contributed by atoms with Crippen LogP contribution in [0.15, 0.2) is 48.5 Å². The molecular weight excluding hydrogens is 483 g/mol. The number of halogens is 2. The summed E-state index contributed by atoms with van der Waals surface area (Å²) in [5, 5.41) is 9.83. The second kappa shape index (κ2) is 13.4. The summed E-state index contributed by atoms with van der Waals surface area (Å²) in [4.78, 5) is 40.0. The van der Waals surface area contributed by atoms with Crippen molar-refractivity contribution in [3.05, 3.63) is 59.7 Å². The highest BCUT2D eigenvalue weighted by Crippen LogP contribution is 2.17. The molecule has 2 aromatic rings. The molecule has 34 heavy (non-hydrogen) atoms. The Morgan fingerprint density at radius 1 is 0.882 bits per heavy atom. The lowest BCUT2D eigenvalue weighted by Gasteiger charge is -2.21. The van der Waals surface area contributed by atoms with E-state index >= 15 is 0 Å². The number of nitrogens with two attached hydrogens (primary N) is 2. The van der Waals surface area contributed by atoms with Crippen LogP contribution in [0.25, 0.3) is 0 Å². The maximum atomic E-state index is 12.8. The third kappa shape index (κ3) is 8.22. The first kappa shape index (κ1) is 28.7. The van der Waals surface area contributed by atoms with E-state index < -0.39 is 5.97 Å². The fraction of sp³-hybridized carbons (Fsp3) is 0.273. The van der Waals surface area contributed by atoms with E-state index in [4.69, 9.17) is 21.6 Å². The minimum Gasteiger partial charge on any atom is -0.423 e. The monoisotopic (exact) mass is 510 g/mol. The summed E-state index contributed by atoms with van der Waals surface area (Å²) in [6, 6.07) is 12.8. The number of primary amides is 1. The molecular formula is C22H28Cl2N6O4. The van der Waals surface area contributed by atoms with Crippen LogP contribution in [0.1, 0.15) is 27.1 Å². The minimum absolute atomic E-state index is 0. The molecule has 1 aliphatic heterocycles. The molecule has 1 aliphatic rings. The van der Waals surface area contributed by atoms with Crippen LogP contribution in [0.2, 0.25) is 0 Å². The van der Waals surface area contributed by atoms with Gasteiger partial charge in [-0.3, -0.25) is 19.9 Å². The van der Waals surface area contributed by atoms with Crippen molar-refractivity contribution < 1.29 is 19.1 Å². The van der Waals surface area contributed by atoms with Gasteiger partial charge in [-0.05, 0) is 55.0 Å². The number of ether oxygens (including phenoxy) is 1. The molecule has 2 aromatic carbocycles. The van der Waals surface area contributed by atoms with Crippen molar-refractivity contribution >= 4 is 54.2 Å². The van der Waals surface area contributed by atoms with Crippen LogP contribution < -0.4 is 21.5 Å². The van der Waals surface area contributed by atoms with Crippen molar-refractivity contribution in [2.24, 2.45) is 11.5 Å². The molecule has 10 nitrogen and oxygen atoms in total. The number of hydrogen-bond donors (Lipinski definition) is 4. The number of carbonyl (C=O) groups excluding carboxylic acids is 3. The van der Waals surface area contributed by atoms with E-state index in [2.05, 4.69) is 5.32 Å². The Labute approximate surface area is 209 Å². The largest absolute Gasteiger partial charge is 0.423 e. The van der Waals surface area contributed by atoms with Gasteiger partial charge >= 0.3 is 5.97 Å². The Morgan fingerprint density at radius 3 is 2.09 bits per heavy atom. The molecule has 2 amide bonds. The number of benzene rings is 2. The number of anilines is 1. The Balaban J connectivity index is 0.00000289. The Bertz CT molecular complexity index is 1000. The lowest BCUT2D eigenvalue weighted by Crippen LogP contribution is -2.38. The molecule has 0 aromatic heterocycles. The Morgan fingerprint density at radius 2 is 1.50 bits per heavy atom. The molecule has 0 bridgehead atoms. The third-order valence-electron chi connectivity index (χ3n) is 4.97. The topological polar surface area (TPSA) is 155 Å². The average Bonchev–Trinajstić information content (AvgIpc) is 2.99. The summed E-state index contributed by atoms with van der Waals surface area (Å²) >= 11 is 0. The first-order valence-electron chi connectivity index (χ1n) is 10.1. The molecule has 0 radical (unpaired) electrons. The summed E-state index contributed by atoms with van der Waals surface area (Å²) < 4.78 is 5.37. The van der Waals surface area contributed by atoms with Gasteiger partial charge < -0.3 is 26.4 Å². The highest BCUT2D eigenvalue weighted by Gasteiger charge is 2.21. The molecule has 0 atom stereocenters. The molecule has 1 saturated heterocycles. The molecule has 1 fully saturated rings. The number of guanidine groups is 1. The highest BCUT2D eigenvalue weighted by molar-refractivity contribution is 5.95. The van der Waals surface area contributed by atoms with Crippen LogP contribution in [-0.2, 0) is 4.79 Å². The maximum Gasteiger partial charge on any atom is 0.343 e. The molecule has 0 saturated carbocycles. The Hall–Kier alpha value is -3.34. The standard InChI is InChI=1S/C22H26N6O4.2ClH/c23-19(29)14-27-10-1-11-28(13-12-27)20(30)15-4-8-18(9-5-15)32-21(31)16-2-6-17(7-3-16)26-22(24)25;;/h2-9H,1,10-14H2,(H2,23,29)(H4,24,25,26);2*1H. The molecule has 0 aliphatic carbocycles. The second-order valence-corrected chi connectivity index (χ2v) is 7.42. The lowest BCUT2D eigenvalue weighted by molar-refractivity contribution is -0.119. The third-order valence-corrected chi connectivity index (χ3v) is 4.97. The van der Waals surface area contributed by atoms with Gasteiger partial charge in [0.1, 0.15) is 5.75 Å². The van der Waals surface area contributed by atoms with Crippen LogP contribution in [0.4, 0.5) is 5.69 Å². The van der Waals surface area contributed by atoms with Crippen LogP contribution in [0.5, 0.6) is 5.75 Å². The molecule has 184 valence electrons. The molecule has 1 heterocycles. The first-order valence-corrected chi connectivity index (χ1v) is 10.1. The van der Waals surface area contributed by atoms with Gasteiger partial charge in [0, 0.05) is 37.4 Å². The quantitative estimate of drug-likeness (QED) is 0.199. The van der Waals surface area contributed by atoms with Crippen LogP contribution in [-0.4, -0.2) is 66.3 Å². The van der Waals surface area contributed by atoms with E-state index in [-0.39, 0.29) is 49.1 Å². The zero-order valence-electron chi connectivity index (χ0n) is 18.4. The number of amides is 2. The number of nitrogens with zero attached hydrogens (tertiary/aromatic N) is 2. The van der Waals surface area contributed by atoms with Gasteiger partial charge in [-0.15, -0.1) is 24.8 Å². The van der Waals surface area contributed by atoms with Crippen molar-refractivity contribution in [2.75, 3.05) is 38.0 Å². The zero-order chi connectivity index (χ0) is 23.1. The van der Waals surface area contributed by atoms with E-state index in [0.717, 1.165) is 6.42 Å². The van der Waals surface area contributed by atoms with Gasteiger partial charge in [0.05, 0.1) is 12.1 Å². The zero-order valence-corrected chi connectivity index (χ0v) is 20.0. The van der Waals surface area contributed by atoms with Crippen molar-refractivity contribution in [1.29, 1.82) is 5.41 Å². The number of rotatable bonds is 6. The summed E-state index contributed by atoms with van der Waals surface area (Å²) in [5.74, 6) is -0.907. The van der Waals surface area contributed by atoms with Gasteiger partial charge in [-0.25, -0.2) is 4.79 Å². The summed E-state index contributed by atoms with van der Waals surface area (Å²) in [6.45, 7) is 2.60. The Kier molecular flexibility index (Phi) is 11.3. The molecule has 12 heteroatoms. The average molecular weight is 511 g/mol. The molecule has 0 unspecified atom stereocenters. The van der Waals surface area contributed by atoms with E-state index in [1.54, 1.807) is 53.4 Å². The number of carbonyl (C=O) groups is 3. The summed E-state index contributed by atoms with van der Waals surface area (Å²) in [6.07, 6.45) is 0.759. The van der Waals surface area contributed by atoms with Gasteiger partial charge in [0.2, 0.25) is 5.91 Å². The summed E-state index contributed by atoms with van der Waals surface area (Å²) in [7, 11) is 0. The van der Waals surface area contributed by atoms with Crippen LogP contribution in [0, 0.1) is 5.41 Å². The second-order valence-electron chi connectivity index (χ2n) is 7.42. The van der Waals surface area contributed by atoms with Crippen LogP contribution in [0.3, 0.4) is 0 Å². The lowest BCUT2D eigenvalue weighted by atomic mass is 10.2. The predicted octanol–water partition coefficient (Wildman–Crippen LogP) is 1.69. The number of hydrogen-bond acceptors (Lipinski definition) is 6. The van der Waals surface area contributed by atoms with Crippen molar-refractivity contribution in [3.63, 3.8) is 0 Å². The number of nitrogens with one attached hydrogen (secondary N) is 2. The van der Waals surface area contributed by atoms with E-state index in [0.29, 0.717) is 48.7 Å². The summed E-state index contributed by atoms with van der Waals surface area (Å²) in [5.41, 5.74) is 11.9. The van der Waals surface area contributed by atoms with Gasteiger partial charge in [0.25, 0.3) is 5.91 Å². The van der Waals surface area contributed by atoms with Gasteiger partial charge in [-0.2, -0.15) is 0 Å². The van der Waals surface area contributed by atoms with Crippen molar-refractivity contribution in [1.82, 2.24) is 9.80 Å². The number of esters is 1. The fourth-order valence-electron chi connectivity index (χ4n) is 3.41. The van der Waals surface area contributed by atoms with E-state index in [1.165, 1.54) is 0 Å². The van der Waals surface area contributed by atoms with Crippen molar-refractivity contribution in [3.8, 4) is 5.75 Å². The molecule has 6 N–H and O–H groups in total. The molecule has 3 rings (SSSR count). The van der Waals surface area contributed by atoms with Crippen LogP contribution >= 0.6 is 24.8 Å². The highest BCUT2D eigenvalue weighted by atomic mass is 35.5. The SMILES string of the molecule is Cl.Cl.N=C(N)Nc1ccc(C(=O)Oc2ccc(C(=O)N3CCCN(CC(N)=O)CC3)cc2)cc1. The van der Waals surface area contributed by atoms with Crippen molar-refractivity contribution in [2.45, 2.75) is 6.42 Å².